The highest BCUT2D eigenvalue weighted by atomic mass is 35.5. The van der Waals surface area contributed by atoms with Crippen molar-refractivity contribution in [2.24, 2.45) is 0 Å². The Morgan fingerprint density at radius 1 is 1.40 bits per heavy atom. The van der Waals surface area contributed by atoms with Crippen LogP contribution in [-0.2, 0) is 9.53 Å². The van der Waals surface area contributed by atoms with E-state index in [-0.39, 0.29) is 5.02 Å². The van der Waals surface area contributed by atoms with Gasteiger partial charge in [0.1, 0.15) is 16.4 Å². The van der Waals surface area contributed by atoms with Gasteiger partial charge < -0.3 is 13.9 Å². The molecule has 1 heterocycles. The third kappa shape index (κ3) is 2.63. The molecule has 20 heavy (non-hydrogen) atoms. The molecule has 2 rings (SSSR count). The monoisotopic (exact) mass is 296 g/mol. The fourth-order valence-corrected chi connectivity index (χ4v) is 1.94. The van der Waals surface area contributed by atoms with E-state index in [0.29, 0.717) is 22.3 Å². The second-order valence-electron chi connectivity index (χ2n) is 4.27. The maximum Gasteiger partial charge on any atom is 0.355 e. The average molecular weight is 297 g/mol. The minimum absolute atomic E-state index is 0.0640. The molecule has 1 unspecified atom stereocenters. The van der Waals surface area contributed by atoms with Crippen LogP contribution < -0.4 is 10.4 Å². The number of benzene rings is 1. The number of esters is 1. The number of rotatable bonds is 3. The van der Waals surface area contributed by atoms with Gasteiger partial charge in [-0.05, 0) is 31.5 Å². The zero-order chi connectivity index (χ0) is 14.9. The van der Waals surface area contributed by atoms with Crippen LogP contribution in [0.2, 0.25) is 5.02 Å². The molecule has 0 spiro atoms. The Labute approximate surface area is 120 Å². The van der Waals surface area contributed by atoms with Gasteiger partial charge >= 0.3 is 11.6 Å². The first-order chi connectivity index (χ1) is 9.43. The summed E-state index contributed by atoms with van der Waals surface area (Å²) >= 11 is 5.84. The van der Waals surface area contributed by atoms with Crippen molar-refractivity contribution in [3.63, 3.8) is 0 Å². The van der Waals surface area contributed by atoms with E-state index < -0.39 is 17.7 Å². The molecule has 0 amide bonds. The normalized spacial score (nSPS) is 12.2. The topological polar surface area (TPSA) is 65.7 Å². The van der Waals surface area contributed by atoms with E-state index in [1.54, 1.807) is 32.0 Å². The molecule has 1 aromatic carbocycles. The van der Waals surface area contributed by atoms with Crippen molar-refractivity contribution >= 4 is 28.5 Å². The number of carbonyl (C=O) groups is 1. The van der Waals surface area contributed by atoms with Crippen molar-refractivity contribution in [3.05, 3.63) is 39.2 Å². The van der Waals surface area contributed by atoms with Crippen LogP contribution in [0.1, 0.15) is 12.5 Å². The molecule has 5 nitrogen and oxygen atoms in total. The first-order valence-corrected chi connectivity index (χ1v) is 6.29. The fraction of sp³-hybridized carbons (Fsp3) is 0.286. The Kier molecular flexibility index (Phi) is 3.99. The number of methoxy groups -OCH3 is 1. The minimum atomic E-state index is -0.752. The summed E-state index contributed by atoms with van der Waals surface area (Å²) in [6, 6.07) is 4.93. The number of hydrogen-bond acceptors (Lipinski definition) is 5. The molecule has 0 aliphatic heterocycles. The lowest BCUT2D eigenvalue weighted by molar-refractivity contribution is -0.147. The van der Waals surface area contributed by atoms with Gasteiger partial charge in [0.15, 0.2) is 6.10 Å². The van der Waals surface area contributed by atoms with Gasteiger partial charge in [0, 0.05) is 11.5 Å². The number of halogens is 1. The van der Waals surface area contributed by atoms with Crippen LogP contribution in [0.4, 0.5) is 0 Å². The molecule has 0 N–H and O–H groups in total. The SMILES string of the molecule is COC(=O)C(C)Oc1ccc2c(C)c(Cl)c(=O)oc2c1. The summed E-state index contributed by atoms with van der Waals surface area (Å²) in [5.41, 5.74) is 0.395. The Balaban J connectivity index is 2.42. The van der Waals surface area contributed by atoms with Crippen molar-refractivity contribution in [2.75, 3.05) is 7.11 Å². The van der Waals surface area contributed by atoms with Gasteiger partial charge in [-0.3, -0.25) is 0 Å². The van der Waals surface area contributed by atoms with Crippen LogP contribution in [-0.4, -0.2) is 19.2 Å². The summed E-state index contributed by atoms with van der Waals surface area (Å²) in [5.74, 6) is -0.0842. The Hall–Kier alpha value is -2.01. The van der Waals surface area contributed by atoms with Crippen molar-refractivity contribution in [3.8, 4) is 5.75 Å². The molecule has 2 aromatic rings. The maximum absolute atomic E-state index is 11.5. The van der Waals surface area contributed by atoms with Crippen LogP contribution in [0, 0.1) is 6.92 Å². The van der Waals surface area contributed by atoms with Crippen LogP contribution in [0.25, 0.3) is 11.0 Å². The van der Waals surface area contributed by atoms with E-state index in [4.69, 9.17) is 20.8 Å². The first-order valence-electron chi connectivity index (χ1n) is 5.91. The zero-order valence-corrected chi connectivity index (χ0v) is 12.0. The molecule has 0 aliphatic carbocycles. The highest BCUT2D eigenvalue weighted by molar-refractivity contribution is 6.31. The summed E-state index contributed by atoms with van der Waals surface area (Å²) in [5, 5.41) is 0.779. The molecule has 6 heteroatoms. The molecular weight excluding hydrogens is 284 g/mol. The Bertz CT molecular complexity index is 719. The summed E-state index contributed by atoms with van der Waals surface area (Å²) < 4.78 is 15.1. The summed E-state index contributed by atoms with van der Waals surface area (Å²) in [6.07, 6.45) is -0.752. The smallest absolute Gasteiger partial charge is 0.355 e. The van der Waals surface area contributed by atoms with Gasteiger partial charge in [0.2, 0.25) is 0 Å². The van der Waals surface area contributed by atoms with Crippen LogP contribution in [0.15, 0.2) is 27.4 Å². The molecule has 106 valence electrons. The van der Waals surface area contributed by atoms with E-state index in [9.17, 15) is 9.59 Å². The second kappa shape index (κ2) is 5.54. The highest BCUT2D eigenvalue weighted by Crippen LogP contribution is 2.26. The lowest BCUT2D eigenvalue weighted by Crippen LogP contribution is -2.24. The summed E-state index contributed by atoms with van der Waals surface area (Å²) in [6.45, 7) is 3.30. The quantitative estimate of drug-likeness (QED) is 0.643. The predicted octanol–water partition coefficient (Wildman–Crippen LogP) is 2.70. The Morgan fingerprint density at radius 2 is 2.10 bits per heavy atom. The van der Waals surface area contributed by atoms with Crippen molar-refractivity contribution < 1.29 is 18.7 Å². The fourth-order valence-electron chi connectivity index (χ4n) is 1.80. The number of carbonyl (C=O) groups excluding carboxylic acids is 1. The lowest BCUT2D eigenvalue weighted by Gasteiger charge is -2.12. The summed E-state index contributed by atoms with van der Waals surface area (Å²) in [7, 11) is 1.28. The molecule has 1 atom stereocenters. The average Bonchev–Trinajstić information content (AvgIpc) is 2.43. The standard InChI is InChI=1S/C14H13ClO5/c1-7-10-5-4-9(19-8(2)13(16)18-3)6-11(10)20-14(17)12(7)15/h4-6,8H,1-3H3. The number of fused-ring (bicyclic) bond motifs is 1. The number of hydrogen-bond donors (Lipinski definition) is 0. The van der Waals surface area contributed by atoms with Crippen LogP contribution >= 0.6 is 11.6 Å². The van der Waals surface area contributed by atoms with Crippen LogP contribution in [0.5, 0.6) is 5.75 Å². The van der Waals surface area contributed by atoms with E-state index in [1.165, 1.54) is 7.11 Å². The molecule has 0 radical (unpaired) electrons. The largest absolute Gasteiger partial charge is 0.479 e. The number of ether oxygens (including phenoxy) is 2. The molecule has 0 aliphatic rings. The molecule has 0 saturated heterocycles. The van der Waals surface area contributed by atoms with E-state index in [0.717, 1.165) is 0 Å². The van der Waals surface area contributed by atoms with Crippen molar-refractivity contribution in [1.29, 1.82) is 0 Å². The lowest BCUT2D eigenvalue weighted by atomic mass is 10.1. The molecule has 1 aromatic heterocycles. The van der Waals surface area contributed by atoms with Crippen molar-refractivity contribution in [2.45, 2.75) is 20.0 Å². The maximum atomic E-state index is 11.5. The Morgan fingerprint density at radius 3 is 2.75 bits per heavy atom. The van der Waals surface area contributed by atoms with Gasteiger partial charge in [-0.25, -0.2) is 9.59 Å². The zero-order valence-electron chi connectivity index (χ0n) is 11.2. The minimum Gasteiger partial charge on any atom is -0.479 e. The van der Waals surface area contributed by atoms with E-state index >= 15 is 0 Å². The van der Waals surface area contributed by atoms with Crippen LogP contribution in [0.3, 0.4) is 0 Å². The van der Waals surface area contributed by atoms with Gasteiger partial charge in [-0.2, -0.15) is 0 Å². The van der Waals surface area contributed by atoms with Crippen molar-refractivity contribution in [1.82, 2.24) is 0 Å². The summed E-state index contributed by atoms with van der Waals surface area (Å²) in [4.78, 5) is 22.8. The molecular formula is C14H13ClO5. The highest BCUT2D eigenvalue weighted by Gasteiger charge is 2.16. The molecule has 0 saturated carbocycles. The van der Waals surface area contributed by atoms with Gasteiger partial charge in [-0.1, -0.05) is 11.6 Å². The van der Waals surface area contributed by atoms with E-state index in [1.807, 2.05) is 0 Å². The van der Waals surface area contributed by atoms with Gasteiger partial charge in [0.25, 0.3) is 0 Å². The number of aryl methyl sites for hydroxylation is 1. The third-order valence-electron chi connectivity index (χ3n) is 2.91. The molecule has 0 fully saturated rings. The van der Waals surface area contributed by atoms with Gasteiger partial charge in [-0.15, -0.1) is 0 Å². The predicted molar refractivity (Wildman–Crippen MR) is 74.3 cm³/mol. The van der Waals surface area contributed by atoms with E-state index in [2.05, 4.69) is 4.74 Å². The third-order valence-corrected chi connectivity index (χ3v) is 3.35. The first kappa shape index (κ1) is 14.4. The molecule has 0 bridgehead atoms. The van der Waals surface area contributed by atoms with Gasteiger partial charge in [0.05, 0.1) is 7.11 Å². The second-order valence-corrected chi connectivity index (χ2v) is 4.65.